The number of fused-ring (bicyclic) bond motifs is 1. The standard InChI is InChI=1S/C15H23NO3S/c1-15(2,3)20(17,18)11-10-19-14-8-4-7-13-12(14)6-5-9-16-13/h4,7-8,16H,5-6,9-11H2,1-3H3. The van der Waals surface area contributed by atoms with Crippen molar-refractivity contribution >= 4 is 15.5 Å². The molecule has 1 heterocycles. The van der Waals surface area contributed by atoms with Crippen LogP contribution in [0, 0.1) is 0 Å². The minimum absolute atomic E-state index is 0.0492. The van der Waals surface area contributed by atoms with Crippen LogP contribution in [-0.4, -0.2) is 32.1 Å². The zero-order valence-electron chi connectivity index (χ0n) is 12.4. The van der Waals surface area contributed by atoms with Crippen molar-refractivity contribution in [1.29, 1.82) is 0 Å². The third-order valence-electron chi connectivity index (χ3n) is 3.59. The summed E-state index contributed by atoms with van der Waals surface area (Å²) >= 11 is 0. The van der Waals surface area contributed by atoms with Crippen molar-refractivity contribution in [3.8, 4) is 5.75 Å². The lowest BCUT2D eigenvalue weighted by Crippen LogP contribution is -2.32. The first-order valence-electron chi connectivity index (χ1n) is 7.02. The SMILES string of the molecule is CC(C)(C)S(=O)(=O)CCOc1cccc2c1CCCN2. The van der Waals surface area contributed by atoms with Gasteiger partial charge in [-0.15, -0.1) is 0 Å². The molecule has 0 aromatic heterocycles. The van der Waals surface area contributed by atoms with E-state index in [0.717, 1.165) is 36.4 Å². The van der Waals surface area contributed by atoms with Gasteiger partial charge in [-0.05, 0) is 45.7 Å². The fraction of sp³-hybridized carbons (Fsp3) is 0.600. The highest BCUT2D eigenvalue weighted by Gasteiger charge is 2.28. The minimum atomic E-state index is -3.13. The largest absolute Gasteiger partial charge is 0.492 e. The average molecular weight is 297 g/mol. The number of ether oxygens (including phenoxy) is 1. The average Bonchev–Trinajstić information content (AvgIpc) is 2.37. The van der Waals surface area contributed by atoms with E-state index in [1.807, 2.05) is 18.2 Å². The van der Waals surface area contributed by atoms with Gasteiger partial charge in [-0.25, -0.2) is 8.42 Å². The van der Waals surface area contributed by atoms with Gasteiger partial charge >= 0.3 is 0 Å². The number of sulfone groups is 1. The predicted octanol–water partition coefficient (Wildman–Crippen LogP) is 2.64. The molecule has 0 unspecified atom stereocenters. The number of anilines is 1. The molecule has 4 nitrogen and oxygen atoms in total. The molecule has 1 aliphatic rings. The van der Waals surface area contributed by atoms with Crippen molar-refractivity contribution in [2.45, 2.75) is 38.4 Å². The molecule has 0 spiro atoms. The number of benzene rings is 1. The summed E-state index contributed by atoms with van der Waals surface area (Å²) in [5.41, 5.74) is 2.26. The molecule has 20 heavy (non-hydrogen) atoms. The topological polar surface area (TPSA) is 55.4 Å². The Bertz CT molecular complexity index is 573. The van der Waals surface area contributed by atoms with Gasteiger partial charge in [-0.1, -0.05) is 6.07 Å². The van der Waals surface area contributed by atoms with Crippen LogP contribution in [0.1, 0.15) is 32.8 Å². The molecule has 0 radical (unpaired) electrons. The highest BCUT2D eigenvalue weighted by molar-refractivity contribution is 7.92. The molecule has 1 N–H and O–H groups in total. The summed E-state index contributed by atoms with van der Waals surface area (Å²) in [4.78, 5) is 0. The highest BCUT2D eigenvalue weighted by atomic mass is 32.2. The molecule has 1 aromatic carbocycles. The summed E-state index contributed by atoms with van der Waals surface area (Å²) in [5, 5.41) is 3.34. The Hall–Kier alpha value is -1.23. The van der Waals surface area contributed by atoms with E-state index in [9.17, 15) is 8.42 Å². The third kappa shape index (κ3) is 3.26. The van der Waals surface area contributed by atoms with Crippen LogP contribution in [0.15, 0.2) is 18.2 Å². The Labute approximate surface area is 121 Å². The Balaban J connectivity index is 2.02. The first kappa shape index (κ1) is 15.2. The van der Waals surface area contributed by atoms with Gasteiger partial charge in [-0.2, -0.15) is 0 Å². The highest BCUT2D eigenvalue weighted by Crippen LogP contribution is 2.30. The number of hydrogen-bond donors (Lipinski definition) is 1. The van der Waals surface area contributed by atoms with Crippen LogP contribution in [0.2, 0.25) is 0 Å². The van der Waals surface area contributed by atoms with Crippen LogP contribution >= 0.6 is 0 Å². The van der Waals surface area contributed by atoms with Gasteiger partial charge in [0.25, 0.3) is 0 Å². The second-order valence-electron chi connectivity index (χ2n) is 6.09. The van der Waals surface area contributed by atoms with Crippen LogP contribution in [0.25, 0.3) is 0 Å². The van der Waals surface area contributed by atoms with Crippen molar-refractivity contribution in [3.63, 3.8) is 0 Å². The molecule has 0 fully saturated rings. The first-order valence-corrected chi connectivity index (χ1v) is 8.67. The maximum absolute atomic E-state index is 12.0. The summed E-state index contributed by atoms with van der Waals surface area (Å²) in [6, 6.07) is 5.88. The van der Waals surface area contributed by atoms with Gasteiger partial charge in [0.2, 0.25) is 0 Å². The monoisotopic (exact) mass is 297 g/mol. The van der Waals surface area contributed by atoms with Crippen molar-refractivity contribution in [3.05, 3.63) is 23.8 Å². The van der Waals surface area contributed by atoms with Gasteiger partial charge < -0.3 is 10.1 Å². The second kappa shape index (κ2) is 5.64. The first-order chi connectivity index (χ1) is 9.31. The van der Waals surface area contributed by atoms with E-state index >= 15 is 0 Å². The molecule has 0 atom stereocenters. The van der Waals surface area contributed by atoms with E-state index in [0.29, 0.717) is 0 Å². The molecule has 0 saturated heterocycles. The van der Waals surface area contributed by atoms with Gasteiger partial charge in [0, 0.05) is 17.8 Å². The molecular formula is C15H23NO3S. The summed E-state index contributed by atoms with van der Waals surface area (Å²) in [5.74, 6) is 0.854. The Morgan fingerprint density at radius 3 is 2.75 bits per heavy atom. The zero-order chi connectivity index (χ0) is 14.8. The fourth-order valence-corrected chi connectivity index (χ4v) is 3.10. The molecule has 1 aromatic rings. The molecule has 112 valence electrons. The molecule has 0 bridgehead atoms. The van der Waals surface area contributed by atoms with Crippen molar-refractivity contribution in [2.75, 3.05) is 24.2 Å². The molecule has 5 heteroatoms. The van der Waals surface area contributed by atoms with Gasteiger partial charge in [0.15, 0.2) is 9.84 Å². The predicted molar refractivity (Wildman–Crippen MR) is 82.3 cm³/mol. The molecule has 0 saturated carbocycles. The van der Waals surface area contributed by atoms with Gasteiger partial charge in [0.05, 0.1) is 10.5 Å². The van der Waals surface area contributed by atoms with Crippen LogP contribution < -0.4 is 10.1 Å². The Morgan fingerprint density at radius 1 is 1.30 bits per heavy atom. The summed E-state index contributed by atoms with van der Waals surface area (Å²) in [6.07, 6.45) is 2.05. The maximum Gasteiger partial charge on any atom is 0.158 e. The minimum Gasteiger partial charge on any atom is -0.492 e. The normalized spacial score (nSPS) is 15.3. The Kier molecular flexibility index (Phi) is 4.28. The lowest BCUT2D eigenvalue weighted by molar-refractivity contribution is 0.335. The summed E-state index contributed by atoms with van der Waals surface area (Å²) < 4.78 is 29.1. The van der Waals surface area contributed by atoms with Crippen LogP contribution in [0.4, 0.5) is 5.69 Å². The maximum atomic E-state index is 12.0. The third-order valence-corrected chi connectivity index (χ3v) is 6.16. The lowest BCUT2D eigenvalue weighted by atomic mass is 10.0. The van der Waals surface area contributed by atoms with E-state index in [1.165, 1.54) is 0 Å². The van der Waals surface area contributed by atoms with Crippen molar-refractivity contribution in [1.82, 2.24) is 0 Å². The van der Waals surface area contributed by atoms with Crippen molar-refractivity contribution in [2.24, 2.45) is 0 Å². The smallest absolute Gasteiger partial charge is 0.158 e. The lowest BCUT2D eigenvalue weighted by Gasteiger charge is -2.22. The second-order valence-corrected chi connectivity index (χ2v) is 8.95. The Morgan fingerprint density at radius 2 is 2.05 bits per heavy atom. The van der Waals surface area contributed by atoms with E-state index in [2.05, 4.69) is 5.32 Å². The van der Waals surface area contributed by atoms with E-state index in [4.69, 9.17) is 4.74 Å². The zero-order valence-corrected chi connectivity index (χ0v) is 13.2. The molecule has 0 aliphatic carbocycles. The molecule has 0 amide bonds. The molecule has 2 rings (SSSR count). The molecular weight excluding hydrogens is 274 g/mol. The fourth-order valence-electron chi connectivity index (χ4n) is 2.18. The van der Waals surface area contributed by atoms with Gasteiger partial charge in [-0.3, -0.25) is 0 Å². The van der Waals surface area contributed by atoms with Crippen LogP contribution in [-0.2, 0) is 16.3 Å². The van der Waals surface area contributed by atoms with E-state index < -0.39 is 14.6 Å². The van der Waals surface area contributed by atoms with Crippen LogP contribution in [0.3, 0.4) is 0 Å². The summed E-state index contributed by atoms with van der Waals surface area (Å²) in [7, 11) is -3.13. The quantitative estimate of drug-likeness (QED) is 0.928. The number of nitrogens with one attached hydrogen (secondary N) is 1. The van der Waals surface area contributed by atoms with Crippen LogP contribution in [0.5, 0.6) is 5.75 Å². The number of hydrogen-bond acceptors (Lipinski definition) is 4. The van der Waals surface area contributed by atoms with Gasteiger partial charge in [0.1, 0.15) is 12.4 Å². The molecule has 1 aliphatic heterocycles. The number of rotatable bonds is 4. The van der Waals surface area contributed by atoms with E-state index in [1.54, 1.807) is 20.8 Å². The van der Waals surface area contributed by atoms with Crippen molar-refractivity contribution < 1.29 is 13.2 Å². The summed E-state index contributed by atoms with van der Waals surface area (Å²) in [6.45, 7) is 6.34. The van der Waals surface area contributed by atoms with E-state index in [-0.39, 0.29) is 12.4 Å².